The standard InChI is InChI=1S/C19H28N4O2/c24-17(21-15-1-2-16-22-20-12-23(16)4-3-15)10-18-6-13-5-14(7-18)9-19(25,8-13)11-18/h12-15,25H,1-11H2,(H,21,24). The zero-order valence-corrected chi connectivity index (χ0v) is 14.8. The van der Waals surface area contributed by atoms with Gasteiger partial charge in [-0.05, 0) is 68.6 Å². The van der Waals surface area contributed by atoms with Crippen LogP contribution in [0.4, 0.5) is 0 Å². The third-order valence-electron chi connectivity index (χ3n) is 7.18. The molecule has 6 heteroatoms. The molecule has 1 amide bonds. The van der Waals surface area contributed by atoms with Crippen LogP contribution >= 0.6 is 0 Å². The van der Waals surface area contributed by atoms with Gasteiger partial charge in [0.1, 0.15) is 12.2 Å². The van der Waals surface area contributed by atoms with E-state index in [2.05, 4.69) is 20.1 Å². The lowest BCUT2D eigenvalue weighted by Gasteiger charge is -2.60. The van der Waals surface area contributed by atoms with Crippen molar-refractivity contribution < 1.29 is 9.90 Å². The van der Waals surface area contributed by atoms with Crippen molar-refractivity contribution in [1.29, 1.82) is 0 Å². The quantitative estimate of drug-likeness (QED) is 0.876. The van der Waals surface area contributed by atoms with E-state index in [-0.39, 0.29) is 17.4 Å². The molecule has 6 rings (SSSR count). The predicted molar refractivity (Wildman–Crippen MR) is 91.6 cm³/mol. The van der Waals surface area contributed by atoms with E-state index in [9.17, 15) is 9.90 Å². The molecular formula is C19H28N4O2. The molecule has 0 radical (unpaired) electrons. The number of hydrogen-bond donors (Lipinski definition) is 2. The van der Waals surface area contributed by atoms with E-state index < -0.39 is 5.60 Å². The summed E-state index contributed by atoms with van der Waals surface area (Å²) in [6.45, 7) is 0.877. The summed E-state index contributed by atoms with van der Waals surface area (Å²) in [7, 11) is 0. The number of carbonyl (C=O) groups excluding carboxylic acids is 1. The van der Waals surface area contributed by atoms with Crippen molar-refractivity contribution in [2.45, 2.75) is 82.4 Å². The lowest BCUT2D eigenvalue weighted by atomic mass is 9.47. The highest BCUT2D eigenvalue weighted by atomic mass is 16.3. The topological polar surface area (TPSA) is 80.0 Å². The number of rotatable bonds is 3. The van der Waals surface area contributed by atoms with Crippen LogP contribution < -0.4 is 5.32 Å². The Morgan fingerprint density at radius 1 is 1.28 bits per heavy atom. The van der Waals surface area contributed by atoms with E-state index in [0.717, 1.165) is 63.7 Å². The van der Waals surface area contributed by atoms with Crippen molar-refractivity contribution in [3.05, 3.63) is 12.2 Å². The van der Waals surface area contributed by atoms with E-state index >= 15 is 0 Å². The van der Waals surface area contributed by atoms with Crippen molar-refractivity contribution in [1.82, 2.24) is 20.1 Å². The van der Waals surface area contributed by atoms with Gasteiger partial charge in [0.05, 0.1) is 5.60 Å². The minimum atomic E-state index is -0.477. The highest BCUT2D eigenvalue weighted by Gasteiger charge is 2.57. The second-order valence-corrected chi connectivity index (χ2v) is 9.39. The van der Waals surface area contributed by atoms with Gasteiger partial charge in [-0.25, -0.2) is 0 Å². The van der Waals surface area contributed by atoms with Gasteiger partial charge in [0, 0.05) is 25.4 Å². The Kier molecular flexibility index (Phi) is 3.50. The number of nitrogens with one attached hydrogen (secondary N) is 1. The molecule has 5 aliphatic rings. The molecule has 136 valence electrons. The molecule has 1 aliphatic heterocycles. The molecule has 4 fully saturated rings. The molecular weight excluding hydrogens is 316 g/mol. The average molecular weight is 344 g/mol. The Bertz CT molecular complexity index is 648. The highest BCUT2D eigenvalue weighted by molar-refractivity contribution is 5.77. The van der Waals surface area contributed by atoms with Crippen LogP contribution in [-0.2, 0) is 17.8 Å². The number of aryl methyl sites for hydroxylation is 2. The maximum absolute atomic E-state index is 12.8. The third kappa shape index (κ3) is 2.88. The smallest absolute Gasteiger partial charge is 0.220 e. The summed E-state index contributed by atoms with van der Waals surface area (Å²) in [6.07, 6.45) is 11.5. The minimum absolute atomic E-state index is 0.0599. The van der Waals surface area contributed by atoms with Gasteiger partial charge in [-0.1, -0.05) is 0 Å². The number of hydrogen-bond acceptors (Lipinski definition) is 4. The first-order valence-corrected chi connectivity index (χ1v) is 9.89. The van der Waals surface area contributed by atoms with Gasteiger partial charge < -0.3 is 15.0 Å². The summed E-state index contributed by atoms with van der Waals surface area (Å²) >= 11 is 0. The number of nitrogens with zero attached hydrogens (tertiary/aromatic N) is 3. The summed E-state index contributed by atoms with van der Waals surface area (Å²) in [5, 5.41) is 22.3. The summed E-state index contributed by atoms with van der Waals surface area (Å²) in [5.41, 5.74) is -0.417. The van der Waals surface area contributed by atoms with Crippen LogP contribution in [0.3, 0.4) is 0 Å². The summed E-state index contributed by atoms with van der Waals surface area (Å²) in [4.78, 5) is 12.8. The van der Waals surface area contributed by atoms with E-state index in [1.54, 1.807) is 6.33 Å². The normalized spacial score (nSPS) is 42.0. The molecule has 4 saturated carbocycles. The monoisotopic (exact) mass is 344 g/mol. The van der Waals surface area contributed by atoms with Gasteiger partial charge >= 0.3 is 0 Å². The SMILES string of the molecule is O=C(CC12CC3CC(CC(O)(C3)C1)C2)NC1CCc2nncn2CC1. The Morgan fingerprint density at radius 2 is 2.08 bits per heavy atom. The average Bonchev–Trinajstić information content (AvgIpc) is 2.86. The number of amides is 1. The van der Waals surface area contributed by atoms with Crippen molar-refractivity contribution in [3.63, 3.8) is 0 Å². The van der Waals surface area contributed by atoms with Gasteiger partial charge in [-0.3, -0.25) is 4.79 Å². The number of fused-ring (bicyclic) bond motifs is 1. The van der Waals surface area contributed by atoms with Gasteiger partial charge in [0.25, 0.3) is 0 Å². The van der Waals surface area contributed by atoms with Crippen molar-refractivity contribution in [3.8, 4) is 0 Å². The molecule has 4 aliphatic carbocycles. The first-order chi connectivity index (χ1) is 12.0. The van der Waals surface area contributed by atoms with Crippen LogP contribution in [0.1, 0.15) is 63.6 Å². The first kappa shape index (κ1) is 15.8. The highest BCUT2D eigenvalue weighted by Crippen LogP contribution is 2.62. The van der Waals surface area contributed by atoms with Gasteiger partial charge in [0.2, 0.25) is 5.91 Å². The van der Waals surface area contributed by atoms with Crippen molar-refractivity contribution in [2.75, 3.05) is 0 Å². The second-order valence-electron chi connectivity index (χ2n) is 9.39. The van der Waals surface area contributed by atoms with Crippen LogP contribution in [0.15, 0.2) is 6.33 Å². The molecule has 3 unspecified atom stereocenters. The zero-order chi connectivity index (χ0) is 17.1. The lowest BCUT2D eigenvalue weighted by Crippen LogP contribution is -2.56. The Hall–Kier alpha value is -1.43. The van der Waals surface area contributed by atoms with Gasteiger partial charge in [-0.15, -0.1) is 10.2 Å². The largest absolute Gasteiger partial charge is 0.390 e. The fourth-order valence-electron chi connectivity index (χ4n) is 6.77. The van der Waals surface area contributed by atoms with Crippen LogP contribution in [0.2, 0.25) is 0 Å². The van der Waals surface area contributed by atoms with Crippen LogP contribution in [0.5, 0.6) is 0 Å². The van der Waals surface area contributed by atoms with Crippen molar-refractivity contribution in [2.24, 2.45) is 17.3 Å². The molecule has 1 aromatic rings. The number of aromatic nitrogens is 3. The van der Waals surface area contributed by atoms with Gasteiger partial charge in [-0.2, -0.15) is 0 Å². The van der Waals surface area contributed by atoms with Crippen molar-refractivity contribution >= 4 is 5.91 Å². The molecule has 4 bridgehead atoms. The maximum Gasteiger partial charge on any atom is 0.220 e. The molecule has 2 heterocycles. The van der Waals surface area contributed by atoms with Crippen LogP contribution in [0, 0.1) is 17.3 Å². The van der Waals surface area contributed by atoms with Crippen LogP contribution in [-0.4, -0.2) is 37.4 Å². The lowest BCUT2D eigenvalue weighted by molar-refractivity contribution is -0.169. The summed E-state index contributed by atoms with van der Waals surface area (Å²) in [5.74, 6) is 2.50. The predicted octanol–water partition coefficient (Wildman–Crippen LogP) is 1.82. The third-order valence-corrected chi connectivity index (χ3v) is 7.18. The molecule has 0 aromatic carbocycles. The minimum Gasteiger partial charge on any atom is -0.390 e. The van der Waals surface area contributed by atoms with E-state index in [0.29, 0.717) is 18.3 Å². The fraction of sp³-hybridized carbons (Fsp3) is 0.842. The number of aliphatic hydroxyl groups is 1. The zero-order valence-electron chi connectivity index (χ0n) is 14.8. The number of carbonyl (C=O) groups is 1. The van der Waals surface area contributed by atoms with Gasteiger partial charge in [0.15, 0.2) is 0 Å². The van der Waals surface area contributed by atoms with E-state index in [1.165, 1.54) is 6.42 Å². The summed E-state index contributed by atoms with van der Waals surface area (Å²) < 4.78 is 2.10. The Balaban J connectivity index is 1.22. The van der Waals surface area contributed by atoms with Crippen LogP contribution in [0.25, 0.3) is 0 Å². The molecule has 6 nitrogen and oxygen atoms in total. The molecule has 1 aromatic heterocycles. The molecule has 0 spiro atoms. The molecule has 2 N–H and O–H groups in total. The Labute approximate surface area is 148 Å². The molecule has 25 heavy (non-hydrogen) atoms. The second kappa shape index (κ2) is 5.53. The maximum atomic E-state index is 12.8. The Morgan fingerprint density at radius 3 is 2.84 bits per heavy atom. The first-order valence-electron chi connectivity index (χ1n) is 9.89. The fourth-order valence-corrected chi connectivity index (χ4v) is 6.77. The van der Waals surface area contributed by atoms with E-state index in [1.807, 2.05) is 0 Å². The van der Waals surface area contributed by atoms with E-state index in [4.69, 9.17) is 0 Å². The molecule has 3 atom stereocenters. The molecule has 0 saturated heterocycles. The summed E-state index contributed by atoms with van der Waals surface area (Å²) in [6, 6.07) is 0.228.